The standard InChI is InChI=1S/C21H14FN3/c22-17-9-2-1-7-15(17)16-8-6-14-24-21(16)20-12-5-11-19(25-20)18-10-3-4-13-23-18/h1-14H. The van der Waals surface area contributed by atoms with E-state index in [0.717, 1.165) is 11.4 Å². The molecule has 3 heterocycles. The largest absolute Gasteiger partial charge is 0.255 e. The highest BCUT2D eigenvalue weighted by molar-refractivity contribution is 5.80. The molecule has 0 unspecified atom stereocenters. The van der Waals surface area contributed by atoms with Crippen molar-refractivity contribution < 1.29 is 4.39 Å². The first-order valence-corrected chi connectivity index (χ1v) is 7.92. The van der Waals surface area contributed by atoms with Gasteiger partial charge < -0.3 is 0 Å². The molecule has 3 nitrogen and oxygen atoms in total. The fraction of sp³-hybridized carbons (Fsp3) is 0. The molecular formula is C21H14FN3. The summed E-state index contributed by atoms with van der Waals surface area (Å²) < 4.78 is 14.3. The van der Waals surface area contributed by atoms with Gasteiger partial charge in [-0.3, -0.25) is 9.97 Å². The number of halogens is 1. The highest BCUT2D eigenvalue weighted by atomic mass is 19.1. The summed E-state index contributed by atoms with van der Waals surface area (Å²) in [6, 6.07) is 21.7. The fourth-order valence-corrected chi connectivity index (χ4v) is 2.73. The van der Waals surface area contributed by atoms with E-state index in [9.17, 15) is 4.39 Å². The van der Waals surface area contributed by atoms with Crippen LogP contribution in [0, 0.1) is 5.82 Å². The Balaban J connectivity index is 1.86. The molecule has 0 aliphatic heterocycles. The Hall–Kier alpha value is -3.40. The molecule has 0 saturated carbocycles. The normalized spacial score (nSPS) is 10.6. The second kappa shape index (κ2) is 6.61. The van der Waals surface area contributed by atoms with Crippen molar-refractivity contribution in [1.29, 1.82) is 0 Å². The highest BCUT2D eigenvalue weighted by Crippen LogP contribution is 2.31. The molecule has 0 fully saturated rings. The Morgan fingerprint density at radius 2 is 1.28 bits per heavy atom. The Morgan fingerprint density at radius 3 is 2.12 bits per heavy atom. The SMILES string of the molecule is Fc1ccccc1-c1cccnc1-c1cccc(-c2ccccn2)n1. The number of hydrogen-bond acceptors (Lipinski definition) is 3. The summed E-state index contributed by atoms with van der Waals surface area (Å²) in [7, 11) is 0. The Morgan fingerprint density at radius 1 is 0.560 bits per heavy atom. The number of hydrogen-bond donors (Lipinski definition) is 0. The molecule has 25 heavy (non-hydrogen) atoms. The van der Waals surface area contributed by atoms with Crippen molar-refractivity contribution in [2.75, 3.05) is 0 Å². The van der Waals surface area contributed by atoms with Crippen LogP contribution in [0.15, 0.2) is 85.2 Å². The van der Waals surface area contributed by atoms with Crippen LogP contribution in [0.4, 0.5) is 4.39 Å². The van der Waals surface area contributed by atoms with E-state index in [1.54, 1.807) is 30.6 Å². The van der Waals surface area contributed by atoms with Crippen molar-refractivity contribution in [2.45, 2.75) is 0 Å². The van der Waals surface area contributed by atoms with E-state index in [2.05, 4.69) is 15.0 Å². The number of aromatic nitrogens is 3. The Labute approximate surface area is 144 Å². The summed E-state index contributed by atoms with van der Waals surface area (Å²) in [6.45, 7) is 0. The molecule has 120 valence electrons. The molecule has 0 atom stereocenters. The molecular weight excluding hydrogens is 313 g/mol. The maximum atomic E-state index is 14.3. The van der Waals surface area contributed by atoms with E-state index in [0.29, 0.717) is 22.5 Å². The van der Waals surface area contributed by atoms with E-state index < -0.39 is 0 Å². The molecule has 0 amide bonds. The number of benzene rings is 1. The van der Waals surface area contributed by atoms with Crippen LogP contribution in [-0.2, 0) is 0 Å². The van der Waals surface area contributed by atoms with Crippen LogP contribution in [0.5, 0.6) is 0 Å². The van der Waals surface area contributed by atoms with Crippen molar-refractivity contribution in [3.63, 3.8) is 0 Å². The first-order chi connectivity index (χ1) is 12.3. The molecule has 3 aromatic heterocycles. The topological polar surface area (TPSA) is 38.7 Å². The van der Waals surface area contributed by atoms with Crippen molar-refractivity contribution >= 4 is 0 Å². The van der Waals surface area contributed by atoms with Crippen LogP contribution in [0.2, 0.25) is 0 Å². The Bertz CT molecular complexity index is 1020. The van der Waals surface area contributed by atoms with Crippen LogP contribution >= 0.6 is 0 Å². The molecule has 0 radical (unpaired) electrons. The summed E-state index contributed by atoms with van der Waals surface area (Å²) in [4.78, 5) is 13.5. The van der Waals surface area contributed by atoms with E-state index in [1.807, 2.05) is 48.5 Å². The van der Waals surface area contributed by atoms with Gasteiger partial charge in [0.2, 0.25) is 0 Å². The Kier molecular flexibility index (Phi) is 4.01. The summed E-state index contributed by atoms with van der Waals surface area (Å²) >= 11 is 0. The van der Waals surface area contributed by atoms with E-state index in [-0.39, 0.29) is 5.82 Å². The zero-order valence-electron chi connectivity index (χ0n) is 13.3. The molecule has 0 N–H and O–H groups in total. The third-order valence-electron chi connectivity index (χ3n) is 3.89. The second-order valence-electron chi connectivity index (χ2n) is 5.50. The summed E-state index contributed by atoms with van der Waals surface area (Å²) in [6.07, 6.45) is 3.42. The summed E-state index contributed by atoms with van der Waals surface area (Å²) in [5.41, 5.74) is 4.09. The molecule has 4 rings (SSSR count). The van der Waals surface area contributed by atoms with Gasteiger partial charge in [-0.2, -0.15) is 0 Å². The average Bonchev–Trinajstić information content (AvgIpc) is 2.69. The lowest BCUT2D eigenvalue weighted by molar-refractivity contribution is 0.631. The van der Waals surface area contributed by atoms with E-state index in [4.69, 9.17) is 0 Å². The van der Waals surface area contributed by atoms with E-state index in [1.165, 1.54) is 6.07 Å². The predicted molar refractivity (Wildman–Crippen MR) is 96.1 cm³/mol. The van der Waals surface area contributed by atoms with Crippen LogP contribution in [0.1, 0.15) is 0 Å². The molecule has 0 aliphatic rings. The zero-order chi connectivity index (χ0) is 17.1. The van der Waals surface area contributed by atoms with Gasteiger partial charge in [0, 0.05) is 23.5 Å². The smallest absolute Gasteiger partial charge is 0.131 e. The quantitative estimate of drug-likeness (QED) is 0.531. The molecule has 0 bridgehead atoms. The molecule has 1 aromatic carbocycles. The second-order valence-corrected chi connectivity index (χ2v) is 5.50. The van der Waals surface area contributed by atoms with E-state index >= 15 is 0 Å². The van der Waals surface area contributed by atoms with Gasteiger partial charge in [0.1, 0.15) is 5.82 Å². The minimum atomic E-state index is -0.280. The number of rotatable bonds is 3. The van der Waals surface area contributed by atoms with Gasteiger partial charge in [-0.15, -0.1) is 0 Å². The minimum Gasteiger partial charge on any atom is -0.255 e. The van der Waals surface area contributed by atoms with Gasteiger partial charge in [0.05, 0.1) is 22.8 Å². The number of nitrogens with zero attached hydrogens (tertiary/aromatic N) is 3. The summed E-state index contributed by atoms with van der Waals surface area (Å²) in [5, 5.41) is 0. The lowest BCUT2D eigenvalue weighted by Gasteiger charge is -2.10. The van der Waals surface area contributed by atoms with Crippen molar-refractivity contribution in [2.24, 2.45) is 0 Å². The van der Waals surface area contributed by atoms with Crippen LogP contribution < -0.4 is 0 Å². The molecule has 4 aromatic rings. The van der Waals surface area contributed by atoms with Crippen LogP contribution in [-0.4, -0.2) is 15.0 Å². The van der Waals surface area contributed by atoms with Crippen molar-refractivity contribution in [3.05, 3.63) is 91.0 Å². The van der Waals surface area contributed by atoms with Gasteiger partial charge in [0.15, 0.2) is 0 Å². The summed E-state index contributed by atoms with van der Waals surface area (Å²) in [5.74, 6) is -0.280. The average molecular weight is 327 g/mol. The molecule has 4 heteroatoms. The van der Waals surface area contributed by atoms with Gasteiger partial charge >= 0.3 is 0 Å². The van der Waals surface area contributed by atoms with Crippen LogP contribution in [0.3, 0.4) is 0 Å². The van der Waals surface area contributed by atoms with Gasteiger partial charge in [-0.1, -0.05) is 36.4 Å². The first kappa shape index (κ1) is 15.1. The predicted octanol–water partition coefficient (Wildman–Crippen LogP) is 5.01. The zero-order valence-corrected chi connectivity index (χ0v) is 13.3. The fourth-order valence-electron chi connectivity index (χ4n) is 2.73. The molecule has 0 aliphatic carbocycles. The third-order valence-corrected chi connectivity index (χ3v) is 3.89. The van der Waals surface area contributed by atoms with Crippen molar-refractivity contribution in [1.82, 2.24) is 15.0 Å². The maximum absolute atomic E-state index is 14.3. The van der Waals surface area contributed by atoms with Gasteiger partial charge in [-0.25, -0.2) is 9.37 Å². The third kappa shape index (κ3) is 3.02. The maximum Gasteiger partial charge on any atom is 0.131 e. The molecule has 0 saturated heterocycles. The monoisotopic (exact) mass is 327 g/mol. The minimum absolute atomic E-state index is 0.280. The lowest BCUT2D eigenvalue weighted by atomic mass is 10.0. The van der Waals surface area contributed by atoms with Crippen molar-refractivity contribution in [3.8, 4) is 33.9 Å². The molecule has 0 spiro atoms. The highest BCUT2D eigenvalue weighted by Gasteiger charge is 2.13. The first-order valence-electron chi connectivity index (χ1n) is 7.92. The lowest BCUT2D eigenvalue weighted by Crippen LogP contribution is -1.95. The van der Waals surface area contributed by atoms with Crippen LogP contribution in [0.25, 0.3) is 33.9 Å². The number of pyridine rings is 3. The van der Waals surface area contributed by atoms with Gasteiger partial charge in [-0.05, 0) is 36.4 Å². The van der Waals surface area contributed by atoms with Gasteiger partial charge in [0.25, 0.3) is 0 Å².